The van der Waals surface area contributed by atoms with Crippen LogP contribution in [-0.4, -0.2) is 20.6 Å². The van der Waals surface area contributed by atoms with E-state index in [9.17, 15) is 14.7 Å². The molecule has 0 radical (unpaired) electrons. The maximum atomic E-state index is 12.2. The van der Waals surface area contributed by atoms with Crippen molar-refractivity contribution >= 4 is 5.97 Å². The van der Waals surface area contributed by atoms with E-state index in [0.29, 0.717) is 11.3 Å². The van der Waals surface area contributed by atoms with E-state index in [-0.39, 0.29) is 11.7 Å². The number of rotatable bonds is 7. The second-order valence-electron chi connectivity index (χ2n) is 5.75. The van der Waals surface area contributed by atoms with Crippen LogP contribution in [0.15, 0.2) is 4.79 Å². The molecule has 0 aliphatic heterocycles. The summed E-state index contributed by atoms with van der Waals surface area (Å²) in [6.45, 7) is 9.30. The monoisotopic (exact) mass is 294 g/mol. The highest BCUT2D eigenvalue weighted by atomic mass is 16.4. The van der Waals surface area contributed by atoms with Crippen LogP contribution < -0.4 is 5.69 Å². The van der Waals surface area contributed by atoms with Gasteiger partial charge in [0.15, 0.2) is 0 Å². The Hall–Kier alpha value is -1.65. The Balaban J connectivity index is 3.24. The van der Waals surface area contributed by atoms with Gasteiger partial charge in [-0.1, -0.05) is 26.2 Å². The van der Waals surface area contributed by atoms with Crippen molar-refractivity contribution in [2.75, 3.05) is 0 Å². The zero-order chi connectivity index (χ0) is 16.2. The fraction of sp³-hybridized carbons (Fsp3) is 0.688. The molecule has 1 rings (SSSR count). The second kappa shape index (κ2) is 7.38. The van der Waals surface area contributed by atoms with E-state index in [2.05, 4.69) is 11.9 Å². The predicted molar refractivity (Wildman–Crippen MR) is 82.9 cm³/mol. The molecule has 1 heterocycles. The lowest BCUT2D eigenvalue weighted by Crippen LogP contribution is -2.31. The maximum absolute atomic E-state index is 12.2. The lowest BCUT2D eigenvalue weighted by Gasteiger charge is -2.22. The van der Waals surface area contributed by atoms with E-state index in [4.69, 9.17) is 0 Å². The summed E-state index contributed by atoms with van der Waals surface area (Å²) in [7, 11) is 0. The molecule has 21 heavy (non-hydrogen) atoms. The normalized spacial score (nSPS) is 14.0. The van der Waals surface area contributed by atoms with Crippen LogP contribution in [0.3, 0.4) is 0 Å². The Morgan fingerprint density at radius 2 is 1.90 bits per heavy atom. The van der Waals surface area contributed by atoms with Gasteiger partial charge in [-0.25, -0.2) is 4.79 Å². The first kappa shape index (κ1) is 17.4. The van der Waals surface area contributed by atoms with Gasteiger partial charge >= 0.3 is 11.7 Å². The third-order valence-corrected chi connectivity index (χ3v) is 4.08. The number of nitrogens with zero attached hydrogens (tertiary/aromatic N) is 2. The molecule has 1 N–H and O–H groups in total. The molecule has 0 amide bonds. The van der Waals surface area contributed by atoms with Crippen LogP contribution in [0.5, 0.6) is 0 Å². The van der Waals surface area contributed by atoms with Gasteiger partial charge in [0.25, 0.3) is 0 Å². The van der Waals surface area contributed by atoms with E-state index < -0.39 is 11.9 Å². The molecular formula is C16H26N2O3. The average Bonchev–Trinajstić information content (AvgIpc) is 2.38. The summed E-state index contributed by atoms with van der Waals surface area (Å²) < 4.78 is 1.65. The number of carboxylic acid groups (broad SMARTS) is 1. The summed E-state index contributed by atoms with van der Waals surface area (Å²) in [5.41, 5.74) is 1.62. The molecule has 0 aromatic carbocycles. The quantitative estimate of drug-likeness (QED) is 0.784. The van der Waals surface area contributed by atoms with Crippen LogP contribution in [0.1, 0.15) is 75.4 Å². The molecule has 0 saturated carbocycles. The van der Waals surface area contributed by atoms with Crippen LogP contribution in [0.4, 0.5) is 0 Å². The summed E-state index contributed by atoms with van der Waals surface area (Å²) >= 11 is 0. The molecule has 2 unspecified atom stereocenters. The first-order valence-electron chi connectivity index (χ1n) is 7.63. The zero-order valence-corrected chi connectivity index (χ0v) is 13.6. The van der Waals surface area contributed by atoms with E-state index in [0.717, 1.165) is 31.4 Å². The third-order valence-electron chi connectivity index (χ3n) is 4.08. The van der Waals surface area contributed by atoms with Crippen molar-refractivity contribution < 1.29 is 9.90 Å². The number of aryl methyl sites for hydroxylation is 1. The number of hydrogen-bond acceptors (Lipinski definition) is 3. The topological polar surface area (TPSA) is 72.2 Å². The van der Waals surface area contributed by atoms with E-state index in [1.807, 2.05) is 13.8 Å². The minimum absolute atomic E-state index is 0.0388. The first-order chi connectivity index (χ1) is 9.81. The van der Waals surface area contributed by atoms with Gasteiger partial charge in [0.05, 0.1) is 5.92 Å². The molecule has 118 valence electrons. The highest BCUT2D eigenvalue weighted by Gasteiger charge is 2.23. The average molecular weight is 294 g/mol. The summed E-state index contributed by atoms with van der Waals surface area (Å²) in [6.07, 6.45) is 4.23. The smallest absolute Gasteiger partial charge is 0.348 e. The Bertz CT molecular complexity index is 563. The Morgan fingerprint density at radius 3 is 2.43 bits per heavy atom. The Labute approximate surface area is 126 Å². The molecule has 1 aromatic heterocycles. The van der Waals surface area contributed by atoms with Crippen molar-refractivity contribution in [2.45, 2.75) is 72.3 Å². The summed E-state index contributed by atoms with van der Waals surface area (Å²) in [4.78, 5) is 27.5. The van der Waals surface area contributed by atoms with Gasteiger partial charge in [-0.05, 0) is 34.1 Å². The molecule has 5 nitrogen and oxygen atoms in total. The third kappa shape index (κ3) is 3.93. The fourth-order valence-electron chi connectivity index (χ4n) is 2.88. The minimum atomic E-state index is -0.896. The SMILES string of the molecule is CCCCCC(C)n1c(C)c(C(C)C(=O)O)c(C)nc1=O. The van der Waals surface area contributed by atoms with Gasteiger partial charge in [0, 0.05) is 23.0 Å². The first-order valence-corrected chi connectivity index (χ1v) is 7.63. The molecule has 0 aliphatic carbocycles. The van der Waals surface area contributed by atoms with E-state index in [1.165, 1.54) is 0 Å². The molecule has 0 aliphatic rings. The molecule has 0 bridgehead atoms. The van der Waals surface area contributed by atoms with Crippen LogP contribution >= 0.6 is 0 Å². The van der Waals surface area contributed by atoms with Gasteiger partial charge < -0.3 is 5.11 Å². The molecule has 1 aromatic rings. The zero-order valence-electron chi connectivity index (χ0n) is 13.6. The maximum Gasteiger partial charge on any atom is 0.348 e. The van der Waals surface area contributed by atoms with Gasteiger partial charge in [-0.2, -0.15) is 4.98 Å². The molecule has 0 spiro atoms. The molecule has 0 saturated heterocycles. The van der Waals surface area contributed by atoms with E-state index >= 15 is 0 Å². The van der Waals surface area contributed by atoms with Crippen LogP contribution in [0.25, 0.3) is 0 Å². The largest absolute Gasteiger partial charge is 0.481 e. The Morgan fingerprint density at radius 1 is 1.29 bits per heavy atom. The highest BCUT2D eigenvalue weighted by Crippen LogP contribution is 2.24. The lowest BCUT2D eigenvalue weighted by molar-refractivity contribution is -0.138. The second-order valence-corrected chi connectivity index (χ2v) is 5.75. The number of hydrogen-bond donors (Lipinski definition) is 1. The van der Waals surface area contributed by atoms with Crippen molar-refractivity contribution in [1.82, 2.24) is 9.55 Å². The fourth-order valence-corrected chi connectivity index (χ4v) is 2.88. The van der Waals surface area contributed by atoms with Gasteiger partial charge in [-0.15, -0.1) is 0 Å². The Kier molecular flexibility index (Phi) is 6.12. The van der Waals surface area contributed by atoms with Gasteiger partial charge in [0.1, 0.15) is 0 Å². The highest BCUT2D eigenvalue weighted by molar-refractivity contribution is 5.76. The minimum Gasteiger partial charge on any atom is -0.481 e. The van der Waals surface area contributed by atoms with Gasteiger partial charge in [0.2, 0.25) is 0 Å². The van der Waals surface area contributed by atoms with Crippen LogP contribution in [0.2, 0.25) is 0 Å². The van der Waals surface area contributed by atoms with Gasteiger partial charge in [-0.3, -0.25) is 9.36 Å². The van der Waals surface area contributed by atoms with Crippen molar-refractivity contribution in [3.63, 3.8) is 0 Å². The number of aromatic nitrogens is 2. The predicted octanol–water partition coefficient (Wildman–Crippen LogP) is 3.19. The standard InChI is InChI=1S/C16H26N2O3/c1-6-7-8-9-10(2)18-13(5)14(11(3)15(19)20)12(4)17-16(18)21/h10-11H,6-9H2,1-5H3,(H,19,20). The molecule has 0 fully saturated rings. The van der Waals surface area contributed by atoms with Crippen molar-refractivity contribution in [3.05, 3.63) is 27.4 Å². The number of aliphatic carboxylic acids is 1. The molecule has 5 heteroatoms. The summed E-state index contributed by atoms with van der Waals surface area (Å²) in [6, 6.07) is 0.0388. The number of carbonyl (C=O) groups is 1. The van der Waals surface area contributed by atoms with Crippen molar-refractivity contribution in [3.8, 4) is 0 Å². The summed E-state index contributed by atoms with van der Waals surface area (Å²) in [5.74, 6) is -1.56. The molecular weight excluding hydrogens is 268 g/mol. The lowest BCUT2D eigenvalue weighted by atomic mass is 9.97. The van der Waals surface area contributed by atoms with Crippen LogP contribution in [-0.2, 0) is 4.79 Å². The van der Waals surface area contributed by atoms with Crippen molar-refractivity contribution in [1.29, 1.82) is 0 Å². The van der Waals surface area contributed by atoms with Crippen LogP contribution in [0, 0.1) is 13.8 Å². The van der Waals surface area contributed by atoms with Crippen molar-refractivity contribution in [2.24, 2.45) is 0 Å². The summed E-state index contributed by atoms with van der Waals surface area (Å²) in [5, 5.41) is 9.24. The number of unbranched alkanes of at least 4 members (excludes halogenated alkanes) is 2. The van der Waals surface area contributed by atoms with E-state index in [1.54, 1.807) is 18.4 Å². The molecule has 2 atom stereocenters. The number of carboxylic acids is 1.